The summed E-state index contributed by atoms with van der Waals surface area (Å²) in [6.45, 7) is 0.199. The summed E-state index contributed by atoms with van der Waals surface area (Å²) in [6.07, 6.45) is -3.24. The van der Waals surface area contributed by atoms with Crippen molar-refractivity contribution in [3.8, 4) is 0 Å². The van der Waals surface area contributed by atoms with Crippen LogP contribution in [0.5, 0.6) is 0 Å². The van der Waals surface area contributed by atoms with Crippen LogP contribution in [0.4, 0.5) is 9.18 Å². The van der Waals surface area contributed by atoms with Gasteiger partial charge in [-0.05, 0) is 49.9 Å². The Balaban J connectivity index is 2.41. The third-order valence-corrected chi connectivity index (χ3v) is 4.05. The van der Waals surface area contributed by atoms with Crippen LogP contribution in [0.15, 0.2) is 24.3 Å². The predicted molar refractivity (Wildman–Crippen MR) is 102 cm³/mol. The van der Waals surface area contributed by atoms with Gasteiger partial charge in [-0.25, -0.2) is 18.8 Å². The van der Waals surface area contributed by atoms with E-state index in [2.05, 4.69) is 5.32 Å². The number of unbranched alkanes of at least 4 members (excludes halogenated alkanes) is 1. The van der Waals surface area contributed by atoms with Crippen LogP contribution in [0.2, 0.25) is 0 Å². The van der Waals surface area contributed by atoms with Crippen LogP contribution in [0.25, 0.3) is 0 Å². The molecule has 5 N–H and O–H groups in total. The smallest absolute Gasteiger partial charge is 0.408 e. The minimum Gasteiger partial charge on any atom is -0.481 e. The lowest BCUT2D eigenvalue weighted by Gasteiger charge is -2.17. The molecular formula is C19H23FN2O9. The number of carbonyl (C=O) groups excluding carboxylic acids is 2. The fraction of sp³-hybridized carbons (Fsp3) is 0.421. The van der Waals surface area contributed by atoms with Gasteiger partial charge in [0.1, 0.15) is 11.9 Å². The van der Waals surface area contributed by atoms with Gasteiger partial charge in [-0.15, -0.1) is 0 Å². The summed E-state index contributed by atoms with van der Waals surface area (Å²) in [4.78, 5) is 56.5. The van der Waals surface area contributed by atoms with Crippen LogP contribution in [-0.4, -0.2) is 63.9 Å². The standard InChI is InChI=1S/C19H23FN2O9/c20-12-6-4-11(5-7-12)16(25)21-10-2-1-3-14(18(28)29)31-19(30)22-13(17(26)27)8-9-15(23)24/h4-7,13-14H,1-3,8-10H2,(H,21,25)(H,22,30)(H,23,24)(H,26,27)(H,28,29)/t13-,14-/m0/s1. The van der Waals surface area contributed by atoms with Gasteiger partial charge in [0.05, 0.1) is 0 Å². The maximum atomic E-state index is 12.8. The highest BCUT2D eigenvalue weighted by molar-refractivity contribution is 5.94. The first-order valence-electron chi connectivity index (χ1n) is 9.28. The molecule has 12 heteroatoms. The lowest BCUT2D eigenvalue weighted by Crippen LogP contribution is -2.43. The number of benzene rings is 1. The Labute approximate surface area is 176 Å². The number of alkyl carbamates (subject to hydrolysis) is 1. The van der Waals surface area contributed by atoms with E-state index in [4.69, 9.17) is 20.1 Å². The largest absolute Gasteiger partial charge is 0.481 e. The van der Waals surface area contributed by atoms with Crippen molar-refractivity contribution in [3.05, 3.63) is 35.6 Å². The van der Waals surface area contributed by atoms with E-state index in [0.29, 0.717) is 6.42 Å². The normalized spacial score (nSPS) is 12.3. The summed E-state index contributed by atoms with van der Waals surface area (Å²) in [7, 11) is 0. The Morgan fingerprint density at radius 1 is 0.935 bits per heavy atom. The zero-order valence-electron chi connectivity index (χ0n) is 16.4. The minimum absolute atomic E-state index is 0.0952. The lowest BCUT2D eigenvalue weighted by molar-refractivity contribution is -0.147. The number of carbonyl (C=O) groups is 5. The minimum atomic E-state index is -1.55. The molecular weight excluding hydrogens is 419 g/mol. The van der Waals surface area contributed by atoms with E-state index in [9.17, 15) is 28.4 Å². The number of halogens is 1. The van der Waals surface area contributed by atoms with Gasteiger partial charge in [0.2, 0.25) is 6.10 Å². The lowest BCUT2D eigenvalue weighted by atomic mass is 10.1. The molecule has 0 aliphatic carbocycles. The van der Waals surface area contributed by atoms with Crippen molar-refractivity contribution in [1.29, 1.82) is 0 Å². The van der Waals surface area contributed by atoms with Gasteiger partial charge < -0.3 is 30.7 Å². The topological polar surface area (TPSA) is 179 Å². The van der Waals surface area contributed by atoms with E-state index >= 15 is 0 Å². The molecule has 1 aromatic rings. The van der Waals surface area contributed by atoms with Crippen molar-refractivity contribution in [1.82, 2.24) is 10.6 Å². The van der Waals surface area contributed by atoms with E-state index in [1.54, 1.807) is 0 Å². The number of carboxylic acid groups (broad SMARTS) is 3. The average molecular weight is 442 g/mol. The molecule has 0 radical (unpaired) electrons. The number of nitrogens with one attached hydrogen (secondary N) is 2. The average Bonchev–Trinajstić information content (AvgIpc) is 2.69. The summed E-state index contributed by atoms with van der Waals surface area (Å²) in [5, 5.41) is 31.2. The van der Waals surface area contributed by atoms with Gasteiger partial charge in [0.15, 0.2) is 0 Å². The third-order valence-electron chi connectivity index (χ3n) is 4.05. The van der Waals surface area contributed by atoms with Crippen LogP contribution in [0.3, 0.4) is 0 Å². The second kappa shape index (κ2) is 12.8. The zero-order chi connectivity index (χ0) is 23.4. The van der Waals surface area contributed by atoms with Gasteiger partial charge >= 0.3 is 24.0 Å². The molecule has 11 nitrogen and oxygen atoms in total. The molecule has 1 aromatic carbocycles. The van der Waals surface area contributed by atoms with Gasteiger partial charge in [-0.2, -0.15) is 0 Å². The number of hydrogen-bond donors (Lipinski definition) is 5. The number of ether oxygens (including phenoxy) is 1. The first kappa shape index (κ1) is 25.3. The number of rotatable bonds is 13. The fourth-order valence-corrected chi connectivity index (χ4v) is 2.42. The summed E-state index contributed by atoms with van der Waals surface area (Å²) in [5.74, 6) is -5.08. The van der Waals surface area contributed by atoms with Gasteiger partial charge in [0, 0.05) is 18.5 Å². The molecule has 0 unspecified atom stereocenters. The predicted octanol–water partition coefficient (Wildman–Crippen LogP) is 1.22. The van der Waals surface area contributed by atoms with E-state index < -0.39 is 60.7 Å². The SMILES string of the molecule is O=C(O)CC[C@H](NC(=O)O[C@@H](CCCCNC(=O)c1ccc(F)cc1)C(=O)O)C(=O)O. The van der Waals surface area contributed by atoms with Crippen LogP contribution in [-0.2, 0) is 19.1 Å². The molecule has 0 saturated heterocycles. The molecule has 1 rings (SSSR count). The number of hydrogen-bond acceptors (Lipinski definition) is 6. The van der Waals surface area contributed by atoms with Crippen molar-refractivity contribution in [2.75, 3.05) is 6.54 Å². The third kappa shape index (κ3) is 10.1. The van der Waals surface area contributed by atoms with Crippen LogP contribution in [0.1, 0.15) is 42.5 Å². The first-order valence-corrected chi connectivity index (χ1v) is 9.28. The Kier molecular flexibility index (Phi) is 10.4. The molecule has 0 fully saturated rings. The highest BCUT2D eigenvalue weighted by atomic mass is 19.1. The maximum absolute atomic E-state index is 12.8. The van der Waals surface area contributed by atoms with Gasteiger partial charge in [-0.3, -0.25) is 9.59 Å². The fourth-order valence-electron chi connectivity index (χ4n) is 2.42. The quantitative estimate of drug-likeness (QED) is 0.281. The molecule has 0 bridgehead atoms. The van der Waals surface area contributed by atoms with Crippen LogP contribution in [0, 0.1) is 5.82 Å². The highest BCUT2D eigenvalue weighted by Crippen LogP contribution is 2.08. The number of aliphatic carboxylic acids is 3. The van der Waals surface area contributed by atoms with Gasteiger partial charge in [0.25, 0.3) is 5.91 Å². The molecule has 31 heavy (non-hydrogen) atoms. The Bertz CT molecular complexity index is 798. The Morgan fingerprint density at radius 2 is 1.58 bits per heavy atom. The molecule has 0 aromatic heterocycles. The second-order valence-electron chi connectivity index (χ2n) is 6.46. The molecule has 2 atom stereocenters. The van der Waals surface area contributed by atoms with Crippen LogP contribution < -0.4 is 10.6 Å². The van der Waals surface area contributed by atoms with Crippen molar-refractivity contribution in [3.63, 3.8) is 0 Å². The van der Waals surface area contributed by atoms with E-state index in [0.717, 1.165) is 12.1 Å². The summed E-state index contributed by atoms with van der Waals surface area (Å²) in [6, 6.07) is 3.38. The van der Waals surface area contributed by atoms with Crippen molar-refractivity contribution >= 4 is 29.9 Å². The molecule has 0 spiro atoms. The molecule has 0 aliphatic rings. The molecule has 0 aliphatic heterocycles. The van der Waals surface area contributed by atoms with Crippen molar-refractivity contribution < 1.29 is 48.4 Å². The van der Waals surface area contributed by atoms with E-state index in [1.165, 1.54) is 12.1 Å². The summed E-state index contributed by atoms with van der Waals surface area (Å²) in [5.41, 5.74) is 0.265. The monoisotopic (exact) mass is 442 g/mol. The van der Waals surface area contributed by atoms with E-state index in [-0.39, 0.29) is 24.9 Å². The molecule has 0 saturated carbocycles. The highest BCUT2D eigenvalue weighted by Gasteiger charge is 2.26. The molecule has 0 heterocycles. The Hall–Kier alpha value is -3.70. The van der Waals surface area contributed by atoms with E-state index in [1.807, 2.05) is 5.32 Å². The number of carboxylic acids is 3. The first-order chi connectivity index (χ1) is 14.6. The number of amides is 2. The van der Waals surface area contributed by atoms with Gasteiger partial charge in [-0.1, -0.05) is 0 Å². The van der Waals surface area contributed by atoms with Crippen molar-refractivity contribution in [2.45, 2.75) is 44.2 Å². The summed E-state index contributed by atoms with van der Waals surface area (Å²) < 4.78 is 17.6. The van der Waals surface area contributed by atoms with Crippen molar-refractivity contribution in [2.24, 2.45) is 0 Å². The summed E-state index contributed by atoms with van der Waals surface area (Å²) >= 11 is 0. The molecule has 170 valence electrons. The molecule has 2 amide bonds. The Morgan fingerprint density at radius 3 is 2.13 bits per heavy atom. The second-order valence-corrected chi connectivity index (χ2v) is 6.46. The zero-order valence-corrected chi connectivity index (χ0v) is 16.4. The van der Waals surface area contributed by atoms with Crippen LogP contribution >= 0.6 is 0 Å². The maximum Gasteiger partial charge on any atom is 0.408 e.